The van der Waals surface area contributed by atoms with Crippen molar-refractivity contribution in [2.24, 2.45) is 0 Å². The summed E-state index contributed by atoms with van der Waals surface area (Å²) in [5.41, 5.74) is 2.48. The van der Waals surface area contributed by atoms with E-state index in [0.717, 1.165) is 18.8 Å². The van der Waals surface area contributed by atoms with Crippen LogP contribution in [0.3, 0.4) is 0 Å². The summed E-state index contributed by atoms with van der Waals surface area (Å²) in [6.45, 7) is 2.38. The molecule has 0 radical (unpaired) electrons. The third-order valence-corrected chi connectivity index (χ3v) is 4.49. The fourth-order valence-corrected chi connectivity index (χ4v) is 3.22. The first-order chi connectivity index (χ1) is 11.8. The van der Waals surface area contributed by atoms with Gasteiger partial charge in [0.15, 0.2) is 11.5 Å². The van der Waals surface area contributed by atoms with Gasteiger partial charge in [0.2, 0.25) is 6.79 Å². The summed E-state index contributed by atoms with van der Waals surface area (Å²) in [6.07, 6.45) is 3.82. The summed E-state index contributed by atoms with van der Waals surface area (Å²) in [4.78, 5) is 14.9. The highest BCUT2D eigenvalue weighted by Gasteiger charge is 2.21. The Morgan fingerprint density at radius 3 is 2.54 bits per heavy atom. The zero-order chi connectivity index (χ0) is 16.4. The molecule has 2 aliphatic rings. The van der Waals surface area contributed by atoms with E-state index in [1.165, 1.54) is 24.9 Å². The molecule has 0 unspecified atom stereocenters. The van der Waals surface area contributed by atoms with Crippen LogP contribution in [0.2, 0.25) is 0 Å². The third-order valence-electron chi connectivity index (χ3n) is 4.49. The lowest BCUT2D eigenvalue weighted by atomic mass is 10.1. The minimum atomic E-state index is -0.192. The SMILES string of the molecule is O=C(Nc1ccc(N2CCCCC2)cc1)c1cccc2c1OCO2. The lowest BCUT2D eigenvalue weighted by Gasteiger charge is -2.28. The van der Waals surface area contributed by atoms with Gasteiger partial charge in [0.1, 0.15) is 0 Å². The number of carbonyl (C=O) groups excluding carboxylic acids is 1. The molecule has 5 nitrogen and oxygen atoms in total. The van der Waals surface area contributed by atoms with E-state index in [-0.39, 0.29) is 12.7 Å². The van der Waals surface area contributed by atoms with E-state index in [1.54, 1.807) is 18.2 Å². The van der Waals surface area contributed by atoms with Crippen LogP contribution in [0.4, 0.5) is 11.4 Å². The maximum atomic E-state index is 12.5. The van der Waals surface area contributed by atoms with Crippen molar-refractivity contribution in [3.05, 3.63) is 48.0 Å². The van der Waals surface area contributed by atoms with E-state index < -0.39 is 0 Å². The summed E-state index contributed by atoms with van der Waals surface area (Å²) in [6, 6.07) is 13.4. The Kier molecular flexibility index (Phi) is 3.99. The van der Waals surface area contributed by atoms with Gasteiger partial charge in [-0.3, -0.25) is 4.79 Å². The standard InChI is InChI=1S/C19H20N2O3/c22-19(16-5-4-6-17-18(16)24-13-23-17)20-14-7-9-15(10-8-14)21-11-2-1-3-12-21/h4-10H,1-3,11-13H2,(H,20,22). The maximum absolute atomic E-state index is 12.5. The predicted octanol–water partition coefficient (Wildman–Crippen LogP) is 3.66. The number of hydrogen-bond donors (Lipinski definition) is 1. The molecule has 2 aliphatic heterocycles. The molecule has 5 heteroatoms. The monoisotopic (exact) mass is 324 g/mol. The van der Waals surface area contributed by atoms with Crippen LogP contribution >= 0.6 is 0 Å². The van der Waals surface area contributed by atoms with Crippen molar-refractivity contribution >= 4 is 17.3 Å². The number of nitrogens with zero attached hydrogens (tertiary/aromatic N) is 1. The second-order valence-electron chi connectivity index (χ2n) is 6.09. The van der Waals surface area contributed by atoms with Crippen molar-refractivity contribution in [1.29, 1.82) is 0 Å². The molecule has 1 N–H and O–H groups in total. The van der Waals surface area contributed by atoms with Gasteiger partial charge in [-0.15, -0.1) is 0 Å². The van der Waals surface area contributed by atoms with Gasteiger partial charge >= 0.3 is 0 Å². The van der Waals surface area contributed by atoms with E-state index in [1.807, 2.05) is 12.1 Å². The molecule has 2 aromatic rings. The molecule has 2 aromatic carbocycles. The van der Waals surface area contributed by atoms with E-state index in [4.69, 9.17) is 9.47 Å². The Balaban J connectivity index is 1.47. The van der Waals surface area contributed by atoms with Gasteiger partial charge in [-0.25, -0.2) is 0 Å². The van der Waals surface area contributed by atoms with E-state index in [9.17, 15) is 4.79 Å². The molecule has 0 atom stereocenters. The topological polar surface area (TPSA) is 50.8 Å². The number of anilines is 2. The van der Waals surface area contributed by atoms with Crippen LogP contribution in [0.25, 0.3) is 0 Å². The molecule has 0 saturated carbocycles. The van der Waals surface area contributed by atoms with Crippen molar-refractivity contribution in [1.82, 2.24) is 0 Å². The lowest BCUT2D eigenvalue weighted by molar-refractivity contribution is 0.102. The Morgan fingerprint density at radius 2 is 1.75 bits per heavy atom. The molecule has 4 rings (SSSR count). The summed E-state index contributed by atoms with van der Waals surface area (Å²) in [5.74, 6) is 0.936. The number of carbonyl (C=O) groups is 1. The van der Waals surface area contributed by atoms with Gasteiger partial charge in [0, 0.05) is 24.5 Å². The number of para-hydroxylation sites is 1. The molecule has 124 valence electrons. The smallest absolute Gasteiger partial charge is 0.259 e. The van der Waals surface area contributed by atoms with E-state index in [0.29, 0.717) is 17.1 Å². The molecular weight excluding hydrogens is 304 g/mol. The van der Waals surface area contributed by atoms with Gasteiger partial charge in [0.05, 0.1) is 5.56 Å². The zero-order valence-corrected chi connectivity index (χ0v) is 13.5. The van der Waals surface area contributed by atoms with Crippen molar-refractivity contribution < 1.29 is 14.3 Å². The molecule has 1 fully saturated rings. The lowest BCUT2D eigenvalue weighted by Crippen LogP contribution is -2.29. The van der Waals surface area contributed by atoms with Crippen LogP contribution in [-0.4, -0.2) is 25.8 Å². The van der Waals surface area contributed by atoms with Crippen LogP contribution in [0.5, 0.6) is 11.5 Å². The van der Waals surface area contributed by atoms with Crippen molar-refractivity contribution in [3.8, 4) is 11.5 Å². The molecule has 0 aliphatic carbocycles. The Hall–Kier alpha value is -2.69. The Morgan fingerprint density at radius 1 is 0.958 bits per heavy atom. The normalized spacial score (nSPS) is 16.1. The van der Waals surface area contributed by atoms with Crippen molar-refractivity contribution in [2.75, 3.05) is 30.1 Å². The molecule has 0 aromatic heterocycles. The first-order valence-corrected chi connectivity index (χ1v) is 8.36. The minimum absolute atomic E-state index is 0.157. The molecular formula is C19H20N2O3. The van der Waals surface area contributed by atoms with Gasteiger partial charge in [-0.1, -0.05) is 6.07 Å². The highest BCUT2D eigenvalue weighted by Crippen LogP contribution is 2.35. The molecule has 24 heavy (non-hydrogen) atoms. The molecule has 0 bridgehead atoms. The first-order valence-electron chi connectivity index (χ1n) is 8.36. The largest absolute Gasteiger partial charge is 0.454 e. The number of benzene rings is 2. The van der Waals surface area contributed by atoms with Crippen molar-refractivity contribution in [3.63, 3.8) is 0 Å². The fourth-order valence-electron chi connectivity index (χ4n) is 3.22. The van der Waals surface area contributed by atoms with Crippen LogP contribution in [-0.2, 0) is 0 Å². The number of nitrogens with one attached hydrogen (secondary N) is 1. The fraction of sp³-hybridized carbons (Fsp3) is 0.316. The molecule has 1 saturated heterocycles. The number of hydrogen-bond acceptors (Lipinski definition) is 4. The van der Waals surface area contributed by atoms with Crippen LogP contribution in [0.15, 0.2) is 42.5 Å². The number of fused-ring (bicyclic) bond motifs is 1. The minimum Gasteiger partial charge on any atom is -0.454 e. The summed E-state index contributed by atoms with van der Waals surface area (Å²) in [7, 11) is 0. The maximum Gasteiger partial charge on any atom is 0.259 e. The zero-order valence-electron chi connectivity index (χ0n) is 13.5. The van der Waals surface area contributed by atoms with Crippen LogP contribution in [0, 0.1) is 0 Å². The van der Waals surface area contributed by atoms with Crippen LogP contribution in [0.1, 0.15) is 29.6 Å². The predicted molar refractivity (Wildman–Crippen MR) is 93.0 cm³/mol. The van der Waals surface area contributed by atoms with E-state index in [2.05, 4.69) is 22.3 Å². The Bertz CT molecular complexity index is 737. The average Bonchev–Trinajstić information content (AvgIpc) is 3.12. The number of rotatable bonds is 3. The highest BCUT2D eigenvalue weighted by atomic mass is 16.7. The Labute approximate surface area is 141 Å². The quantitative estimate of drug-likeness (QED) is 0.936. The number of amides is 1. The molecule has 2 heterocycles. The van der Waals surface area contributed by atoms with Gasteiger partial charge in [-0.05, 0) is 55.7 Å². The summed E-state index contributed by atoms with van der Waals surface area (Å²) < 4.78 is 10.7. The second kappa shape index (κ2) is 6.43. The van der Waals surface area contributed by atoms with Gasteiger partial charge in [-0.2, -0.15) is 0 Å². The summed E-state index contributed by atoms with van der Waals surface area (Å²) in [5, 5.41) is 2.93. The van der Waals surface area contributed by atoms with Crippen LogP contribution < -0.4 is 19.7 Å². The van der Waals surface area contributed by atoms with Gasteiger partial charge in [0.25, 0.3) is 5.91 Å². The molecule has 0 spiro atoms. The second-order valence-corrected chi connectivity index (χ2v) is 6.09. The number of ether oxygens (including phenoxy) is 2. The van der Waals surface area contributed by atoms with Gasteiger partial charge < -0.3 is 19.7 Å². The number of piperidine rings is 1. The molecule has 1 amide bonds. The van der Waals surface area contributed by atoms with Crippen molar-refractivity contribution in [2.45, 2.75) is 19.3 Å². The third kappa shape index (κ3) is 2.89. The van der Waals surface area contributed by atoms with E-state index >= 15 is 0 Å². The first kappa shape index (κ1) is 14.9. The average molecular weight is 324 g/mol. The highest BCUT2D eigenvalue weighted by molar-refractivity contribution is 6.06. The summed E-state index contributed by atoms with van der Waals surface area (Å²) >= 11 is 0.